The third-order valence-electron chi connectivity index (χ3n) is 9.36. The number of fused-ring (bicyclic) bond motifs is 4. The van der Waals surface area contributed by atoms with E-state index in [1.54, 1.807) is 0 Å². The number of rotatable bonds is 5. The van der Waals surface area contributed by atoms with Crippen LogP contribution in [-0.4, -0.2) is 15.0 Å². The number of hydrogen-bond acceptors (Lipinski definition) is 4. The van der Waals surface area contributed by atoms with Gasteiger partial charge < -0.3 is 14.4 Å². The fourth-order valence-electron chi connectivity index (χ4n) is 6.85. The van der Waals surface area contributed by atoms with E-state index in [0.717, 1.165) is 83.9 Å². The van der Waals surface area contributed by atoms with Gasteiger partial charge >= 0.3 is 0 Å². The number of para-hydroxylation sites is 1. The second kappa shape index (κ2) is 15.7. The molecule has 1 radical (unpaired) electrons. The zero-order valence-corrected chi connectivity index (χ0v) is 33.1. The Kier molecular flexibility index (Phi) is 10.6. The molecule has 0 fully saturated rings. The number of aryl methyl sites for hydroxylation is 1. The van der Waals surface area contributed by atoms with E-state index in [9.17, 15) is 0 Å². The van der Waals surface area contributed by atoms with E-state index >= 15 is 0 Å². The van der Waals surface area contributed by atoms with Crippen molar-refractivity contribution in [3.63, 3.8) is 0 Å². The van der Waals surface area contributed by atoms with Gasteiger partial charge in [0.2, 0.25) is 0 Å². The smallest absolute Gasteiger partial charge is 0.128 e. The Labute approximate surface area is 330 Å². The van der Waals surface area contributed by atoms with Gasteiger partial charge in [-0.3, -0.25) is 4.98 Å². The Hall–Kier alpha value is -5.74. The fourth-order valence-corrected chi connectivity index (χ4v) is 6.85. The third-order valence-corrected chi connectivity index (χ3v) is 9.36. The first-order valence-electron chi connectivity index (χ1n) is 18.0. The van der Waals surface area contributed by atoms with Gasteiger partial charge in [0.05, 0.1) is 5.58 Å². The van der Waals surface area contributed by atoms with Crippen molar-refractivity contribution >= 4 is 32.7 Å². The molecule has 0 aliphatic carbocycles. The van der Waals surface area contributed by atoms with Crippen LogP contribution in [0, 0.1) is 24.5 Å². The molecular weight excluding hydrogens is 839 g/mol. The summed E-state index contributed by atoms with van der Waals surface area (Å²) in [5, 5.41) is 4.39. The Bertz CT molecular complexity index is 2670. The number of nitrogens with zero attached hydrogens (tertiary/aromatic N) is 3. The maximum atomic E-state index is 6.63. The molecule has 0 spiro atoms. The quantitative estimate of drug-likeness (QED) is 0.162. The van der Waals surface area contributed by atoms with Crippen LogP contribution in [0.25, 0.3) is 77.5 Å². The van der Waals surface area contributed by atoms with Crippen LogP contribution in [0.15, 0.2) is 157 Å². The average Bonchev–Trinajstić information content (AvgIpc) is 3.58. The minimum absolute atomic E-state index is 0. The van der Waals surface area contributed by atoms with Crippen molar-refractivity contribution < 1.29 is 24.5 Å². The molecule has 54 heavy (non-hydrogen) atoms. The van der Waals surface area contributed by atoms with Crippen molar-refractivity contribution in [2.24, 2.45) is 5.41 Å². The molecular formula is C49H39IrN3O-2. The summed E-state index contributed by atoms with van der Waals surface area (Å²) in [7, 11) is 0. The first-order valence-corrected chi connectivity index (χ1v) is 18.0. The van der Waals surface area contributed by atoms with Gasteiger partial charge in [0.25, 0.3) is 0 Å². The number of hydrogen-bond donors (Lipinski definition) is 0. The molecule has 0 bridgehead atoms. The van der Waals surface area contributed by atoms with Gasteiger partial charge in [-0.05, 0) is 63.0 Å². The number of benzene rings is 5. The van der Waals surface area contributed by atoms with Gasteiger partial charge in [-0.1, -0.05) is 124 Å². The monoisotopic (exact) mass is 878 g/mol. The molecule has 0 N–H and O–H groups in total. The van der Waals surface area contributed by atoms with Gasteiger partial charge in [-0.25, -0.2) is 0 Å². The van der Waals surface area contributed by atoms with Gasteiger partial charge in [0, 0.05) is 61.2 Å². The molecule has 9 aromatic rings. The van der Waals surface area contributed by atoms with E-state index in [1.165, 1.54) is 11.1 Å². The SMILES string of the molecule is Cc1c[c-]c(-c2ccc(CC(C)(C)C)cn2)cc1.[Ir].[c-]1ccc2c(oc3c(-c4cccc5ccncc45)cccc32)c1-c1cc(-c2ccccc2)ccn1. The van der Waals surface area contributed by atoms with Crippen LogP contribution < -0.4 is 0 Å². The maximum absolute atomic E-state index is 6.63. The molecule has 267 valence electrons. The summed E-state index contributed by atoms with van der Waals surface area (Å²) < 4.78 is 6.63. The van der Waals surface area contributed by atoms with E-state index in [0.29, 0.717) is 5.41 Å². The van der Waals surface area contributed by atoms with E-state index in [2.05, 4.69) is 140 Å². The molecule has 0 aliphatic rings. The van der Waals surface area contributed by atoms with Crippen molar-refractivity contribution in [3.05, 3.63) is 175 Å². The van der Waals surface area contributed by atoms with E-state index < -0.39 is 0 Å². The van der Waals surface area contributed by atoms with Crippen molar-refractivity contribution in [1.29, 1.82) is 0 Å². The van der Waals surface area contributed by atoms with Crippen LogP contribution in [0.1, 0.15) is 31.9 Å². The molecule has 4 nitrogen and oxygen atoms in total. The van der Waals surface area contributed by atoms with E-state index in [4.69, 9.17) is 4.42 Å². The molecule has 0 unspecified atom stereocenters. The van der Waals surface area contributed by atoms with Crippen LogP contribution in [0.2, 0.25) is 0 Å². The number of aromatic nitrogens is 3. The first-order chi connectivity index (χ1) is 25.8. The van der Waals surface area contributed by atoms with E-state index in [1.807, 2.05) is 67.3 Å². The fraction of sp³-hybridized carbons (Fsp3) is 0.122. The van der Waals surface area contributed by atoms with Gasteiger partial charge in [-0.2, -0.15) is 0 Å². The molecule has 5 aromatic carbocycles. The molecule has 0 aliphatic heterocycles. The number of furan rings is 1. The van der Waals surface area contributed by atoms with Gasteiger partial charge in [-0.15, -0.1) is 53.6 Å². The second-order valence-corrected chi connectivity index (χ2v) is 14.6. The summed E-state index contributed by atoms with van der Waals surface area (Å²) in [6, 6.07) is 50.2. The summed E-state index contributed by atoms with van der Waals surface area (Å²) in [5.41, 5.74) is 12.7. The first kappa shape index (κ1) is 36.6. The van der Waals surface area contributed by atoms with Crippen LogP contribution >= 0.6 is 0 Å². The Balaban J connectivity index is 0.000000201. The number of pyridine rings is 3. The van der Waals surface area contributed by atoms with Crippen LogP contribution in [0.5, 0.6) is 0 Å². The van der Waals surface area contributed by atoms with E-state index in [-0.39, 0.29) is 20.1 Å². The zero-order valence-electron chi connectivity index (χ0n) is 30.7. The molecule has 0 atom stereocenters. The predicted octanol–water partition coefficient (Wildman–Crippen LogP) is 12.8. The summed E-state index contributed by atoms with van der Waals surface area (Å²) in [6.45, 7) is 8.80. The van der Waals surface area contributed by atoms with Crippen LogP contribution in [-0.2, 0) is 26.5 Å². The zero-order chi connectivity index (χ0) is 36.4. The largest absolute Gasteiger partial charge is 0.500 e. The van der Waals surface area contributed by atoms with Gasteiger partial charge in [0.15, 0.2) is 0 Å². The molecule has 4 aromatic heterocycles. The molecule has 0 saturated heterocycles. The predicted molar refractivity (Wildman–Crippen MR) is 218 cm³/mol. The van der Waals surface area contributed by atoms with Crippen molar-refractivity contribution in [1.82, 2.24) is 15.0 Å². The normalized spacial score (nSPS) is 11.3. The minimum Gasteiger partial charge on any atom is -0.500 e. The van der Waals surface area contributed by atoms with Crippen molar-refractivity contribution in [2.45, 2.75) is 34.1 Å². The van der Waals surface area contributed by atoms with Crippen LogP contribution in [0.4, 0.5) is 0 Å². The molecule has 0 amide bonds. The second-order valence-electron chi connectivity index (χ2n) is 14.6. The molecule has 5 heteroatoms. The standard InChI is InChI=1S/C32H19N2O.C17H20N.Ir/c1-2-7-21(8-3-1)23-16-18-34-30(19-23)28-14-6-13-27-26-12-5-11-25(31(26)35-32(27)28)24-10-4-9-22-15-17-33-20-29(22)24;1-13-5-8-15(9-6-13)16-10-7-14(12-18-16)11-17(2,3)4;/h1-13,15-20H;5-8,10,12H,11H2,1-4H3;/q2*-1;. The Morgan fingerprint density at radius 2 is 1.44 bits per heavy atom. The van der Waals surface area contributed by atoms with Gasteiger partial charge in [0.1, 0.15) is 5.58 Å². The minimum atomic E-state index is 0. The molecule has 0 saturated carbocycles. The van der Waals surface area contributed by atoms with Crippen molar-refractivity contribution in [3.8, 4) is 44.8 Å². The topological polar surface area (TPSA) is 51.8 Å². The summed E-state index contributed by atoms with van der Waals surface area (Å²) in [4.78, 5) is 13.6. The Morgan fingerprint density at radius 1 is 0.630 bits per heavy atom. The summed E-state index contributed by atoms with van der Waals surface area (Å²) in [6.07, 6.45) is 8.63. The molecule has 4 heterocycles. The van der Waals surface area contributed by atoms with Crippen LogP contribution in [0.3, 0.4) is 0 Å². The third kappa shape index (κ3) is 7.79. The summed E-state index contributed by atoms with van der Waals surface area (Å²) >= 11 is 0. The molecule has 9 rings (SSSR count). The summed E-state index contributed by atoms with van der Waals surface area (Å²) in [5.74, 6) is 0. The maximum Gasteiger partial charge on any atom is 0.128 e. The average molecular weight is 878 g/mol. The van der Waals surface area contributed by atoms with Crippen molar-refractivity contribution in [2.75, 3.05) is 0 Å². The Morgan fingerprint density at radius 3 is 2.22 bits per heavy atom.